The summed E-state index contributed by atoms with van der Waals surface area (Å²) in [7, 11) is 2.97. The molecule has 0 saturated carbocycles. The van der Waals surface area contributed by atoms with Gasteiger partial charge in [-0.3, -0.25) is 18.7 Å². The van der Waals surface area contributed by atoms with E-state index in [-0.39, 0.29) is 16.8 Å². The predicted molar refractivity (Wildman–Crippen MR) is 105 cm³/mol. The molecule has 0 atom stereocenters. The summed E-state index contributed by atoms with van der Waals surface area (Å²) in [5.74, 6) is 0.0852. The number of carbonyl (C=O) groups is 1. The van der Waals surface area contributed by atoms with Gasteiger partial charge < -0.3 is 4.74 Å². The number of esters is 1. The van der Waals surface area contributed by atoms with Gasteiger partial charge in [0.25, 0.3) is 5.56 Å². The first-order chi connectivity index (χ1) is 12.2. The Balaban J connectivity index is 2.64. The van der Waals surface area contributed by atoms with Crippen LogP contribution in [0.5, 0.6) is 0 Å². The summed E-state index contributed by atoms with van der Waals surface area (Å²) in [6.07, 6.45) is 0. The topological polar surface area (TPSA) is 96.1 Å². The second kappa shape index (κ2) is 7.10. The largest absolute Gasteiger partial charge is 0.459 e. The van der Waals surface area contributed by atoms with E-state index in [0.717, 1.165) is 16.3 Å². The summed E-state index contributed by atoms with van der Waals surface area (Å²) in [6, 6.07) is 0. The number of rotatable bonds is 3. The zero-order valence-electron chi connectivity index (χ0n) is 17.0. The molecule has 9 heteroatoms. The van der Waals surface area contributed by atoms with Crippen molar-refractivity contribution in [3.63, 3.8) is 0 Å². The second-order valence-corrected chi connectivity index (χ2v) is 9.35. The Hall–Kier alpha value is -2.16. The van der Waals surface area contributed by atoms with Crippen LogP contribution in [-0.2, 0) is 29.0 Å². The van der Waals surface area contributed by atoms with Crippen LogP contribution in [0.2, 0.25) is 0 Å². The zero-order valence-corrected chi connectivity index (χ0v) is 17.9. The molecule has 0 radical (unpaired) electrons. The third kappa shape index (κ3) is 4.58. The van der Waals surface area contributed by atoms with E-state index in [1.807, 2.05) is 20.8 Å². The Morgan fingerprint density at radius 2 is 1.63 bits per heavy atom. The quantitative estimate of drug-likeness (QED) is 0.444. The highest BCUT2D eigenvalue weighted by Gasteiger charge is 2.24. The smallest absolute Gasteiger partial charge is 0.332 e. The van der Waals surface area contributed by atoms with Crippen LogP contribution in [0.15, 0.2) is 14.6 Å². The molecule has 2 rings (SSSR count). The van der Waals surface area contributed by atoms with Crippen molar-refractivity contribution < 1.29 is 9.53 Å². The van der Waals surface area contributed by atoms with E-state index in [1.165, 1.54) is 11.6 Å². The van der Waals surface area contributed by atoms with Gasteiger partial charge in [0.1, 0.15) is 21.8 Å². The number of carbonyl (C=O) groups excluding carboxylic acids is 1. The molecule has 0 fully saturated rings. The molecule has 148 valence electrons. The maximum Gasteiger partial charge on any atom is 0.332 e. The molecule has 2 heterocycles. The van der Waals surface area contributed by atoms with Crippen molar-refractivity contribution in [1.82, 2.24) is 19.1 Å². The van der Waals surface area contributed by atoms with Crippen molar-refractivity contribution in [2.24, 2.45) is 14.1 Å². The summed E-state index contributed by atoms with van der Waals surface area (Å²) in [5, 5.41) is 0.591. The highest BCUT2D eigenvalue weighted by atomic mass is 32.2. The van der Waals surface area contributed by atoms with E-state index in [4.69, 9.17) is 4.74 Å². The highest BCUT2D eigenvalue weighted by molar-refractivity contribution is 8.00. The Bertz CT molecular complexity index is 1010. The van der Waals surface area contributed by atoms with Crippen LogP contribution >= 0.6 is 11.8 Å². The van der Waals surface area contributed by atoms with Gasteiger partial charge in [-0.25, -0.2) is 14.8 Å². The fraction of sp³-hybridized carbons (Fsp3) is 0.611. The monoisotopic (exact) mass is 394 g/mol. The van der Waals surface area contributed by atoms with Gasteiger partial charge in [0, 0.05) is 19.5 Å². The van der Waals surface area contributed by atoms with Crippen LogP contribution < -0.4 is 11.2 Å². The van der Waals surface area contributed by atoms with E-state index >= 15 is 0 Å². The number of hydrogen-bond donors (Lipinski definition) is 0. The molecule has 27 heavy (non-hydrogen) atoms. The van der Waals surface area contributed by atoms with Crippen molar-refractivity contribution >= 4 is 28.8 Å². The van der Waals surface area contributed by atoms with Crippen LogP contribution in [-0.4, -0.2) is 36.4 Å². The van der Waals surface area contributed by atoms with Crippen molar-refractivity contribution in [2.75, 3.05) is 5.75 Å². The fourth-order valence-electron chi connectivity index (χ4n) is 2.37. The van der Waals surface area contributed by atoms with Gasteiger partial charge in [-0.1, -0.05) is 32.5 Å². The number of nitrogens with zero attached hydrogens (tertiary/aromatic N) is 4. The summed E-state index contributed by atoms with van der Waals surface area (Å²) in [5.41, 5.74) is -1.68. The maximum atomic E-state index is 12.7. The second-order valence-electron chi connectivity index (χ2n) is 8.38. The lowest BCUT2D eigenvalue weighted by Gasteiger charge is -2.20. The van der Waals surface area contributed by atoms with Crippen molar-refractivity contribution in [2.45, 2.75) is 57.6 Å². The molecule has 0 N–H and O–H groups in total. The number of aryl methyl sites for hydroxylation is 1. The highest BCUT2D eigenvalue weighted by Crippen LogP contribution is 2.27. The third-order valence-corrected chi connectivity index (χ3v) is 4.63. The van der Waals surface area contributed by atoms with E-state index in [0.29, 0.717) is 10.9 Å². The summed E-state index contributed by atoms with van der Waals surface area (Å²) >= 11 is 1.11. The van der Waals surface area contributed by atoms with E-state index in [1.54, 1.807) is 27.8 Å². The molecule has 0 unspecified atom stereocenters. The van der Waals surface area contributed by atoms with E-state index in [2.05, 4.69) is 9.97 Å². The van der Waals surface area contributed by atoms with Gasteiger partial charge in [0.2, 0.25) is 0 Å². The summed E-state index contributed by atoms with van der Waals surface area (Å²) in [4.78, 5) is 46.1. The van der Waals surface area contributed by atoms with Crippen molar-refractivity contribution in [3.05, 3.63) is 26.7 Å². The van der Waals surface area contributed by atoms with Crippen LogP contribution in [0.1, 0.15) is 47.4 Å². The Morgan fingerprint density at radius 1 is 1.04 bits per heavy atom. The maximum absolute atomic E-state index is 12.7. The first-order valence-corrected chi connectivity index (χ1v) is 9.54. The van der Waals surface area contributed by atoms with Gasteiger partial charge in [-0.15, -0.1) is 0 Å². The lowest BCUT2D eigenvalue weighted by molar-refractivity contribution is -0.151. The van der Waals surface area contributed by atoms with Gasteiger partial charge in [0.15, 0.2) is 5.65 Å². The first kappa shape index (κ1) is 21.1. The van der Waals surface area contributed by atoms with Crippen LogP contribution in [0, 0.1) is 0 Å². The minimum Gasteiger partial charge on any atom is -0.459 e. The average Bonchev–Trinajstić information content (AvgIpc) is 2.52. The van der Waals surface area contributed by atoms with E-state index < -0.39 is 28.2 Å². The van der Waals surface area contributed by atoms with Crippen molar-refractivity contribution in [1.29, 1.82) is 0 Å². The van der Waals surface area contributed by atoms with Gasteiger partial charge in [-0.2, -0.15) is 0 Å². The van der Waals surface area contributed by atoms with Crippen LogP contribution in [0.4, 0.5) is 0 Å². The zero-order chi connectivity index (χ0) is 20.7. The molecule has 2 aromatic heterocycles. The average molecular weight is 394 g/mol. The molecule has 0 aromatic carbocycles. The van der Waals surface area contributed by atoms with Crippen molar-refractivity contribution in [3.8, 4) is 0 Å². The van der Waals surface area contributed by atoms with Crippen LogP contribution in [0.25, 0.3) is 11.0 Å². The molecule has 0 aliphatic carbocycles. The molecule has 0 spiro atoms. The molecule has 0 saturated heterocycles. The molecular weight excluding hydrogens is 368 g/mol. The number of ether oxygens (including phenoxy) is 1. The predicted octanol–water partition coefficient (Wildman–Crippen LogP) is 1.76. The minimum atomic E-state index is -0.595. The Kier molecular flexibility index (Phi) is 5.56. The summed E-state index contributed by atoms with van der Waals surface area (Å²) in [6.45, 7) is 11.2. The summed E-state index contributed by atoms with van der Waals surface area (Å²) < 4.78 is 7.66. The number of aromatic nitrogens is 4. The normalized spacial score (nSPS) is 12.4. The Labute approximate surface area is 162 Å². The molecule has 2 aromatic rings. The first-order valence-electron chi connectivity index (χ1n) is 8.55. The molecule has 0 bridgehead atoms. The Morgan fingerprint density at radius 3 is 2.15 bits per heavy atom. The number of thioether (sulfide) groups is 1. The molecule has 0 aliphatic heterocycles. The molecule has 0 aliphatic rings. The SMILES string of the molecule is Cn1c(=O)c2c(SCC(=O)OC(C)(C)C)nc(C(C)(C)C)nc2n(C)c1=O. The number of fused-ring (bicyclic) bond motifs is 1. The number of hydrogen-bond acceptors (Lipinski definition) is 7. The lowest BCUT2D eigenvalue weighted by Crippen LogP contribution is -2.38. The minimum absolute atomic E-state index is 0.00103. The lowest BCUT2D eigenvalue weighted by atomic mass is 9.96. The van der Waals surface area contributed by atoms with E-state index in [9.17, 15) is 14.4 Å². The molecule has 8 nitrogen and oxygen atoms in total. The van der Waals surface area contributed by atoms with Gasteiger partial charge >= 0.3 is 11.7 Å². The molecule has 0 amide bonds. The molecular formula is C18H26N4O4S. The van der Waals surface area contributed by atoms with Gasteiger partial charge in [0.05, 0.1) is 5.75 Å². The fourth-order valence-corrected chi connectivity index (χ4v) is 3.15. The standard InChI is InChI=1S/C18H26N4O4S/c1-17(2,3)15-19-12-11(14(24)22(8)16(25)21(12)7)13(20-15)27-9-10(23)26-18(4,5)6/h9H2,1-8H3. The van der Waals surface area contributed by atoms with Crippen LogP contribution in [0.3, 0.4) is 0 Å². The van der Waals surface area contributed by atoms with Gasteiger partial charge in [-0.05, 0) is 20.8 Å². The third-order valence-electron chi connectivity index (χ3n) is 3.68.